The molecular formula is C13H13BrN2O5. The van der Waals surface area contributed by atoms with Gasteiger partial charge in [0.15, 0.2) is 0 Å². The Bertz CT molecular complexity index is 619. The molecule has 1 aliphatic rings. The maximum Gasteiger partial charge on any atom is 0.308 e. The number of carbonyl (C=O) groups is 2. The second kappa shape index (κ2) is 5.80. The highest BCUT2D eigenvalue weighted by molar-refractivity contribution is 9.10. The largest absolute Gasteiger partial charge is 0.481 e. The summed E-state index contributed by atoms with van der Waals surface area (Å²) >= 11 is 3.20. The van der Waals surface area contributed by atoms with Crippen LogP contribution < -0.4 is 0 Å². The molecule has 0 aromatic heterocycles. The molecule has 2 rings (SSSR count). The molecule has 0 spiro atoms. The van der Waals surface area contributed by atoms with Crippen LogP contribution in [0.2, 0.25) is 0 Å². The van der Waals surface area contributed by atoms with Crippen molar-refractivity contribution >= 4 is 33.5 Å². The highest BCUT2D eigenvalue weighted by Gasteiger charge is 2.37. The van der Waals surface area contributed by atoms with Crippen molar-refractivity contribution in [2.75, 3.05) is 13.1 Å². The summed E-state index contributed by atoms with van der Waals surface area (Å²) in [6, 6.07) is 3.94. The average Bonchev–Trinajstić information content (AvgIpc) is 2.80. The van der Waals surface area contributed by atoms with Gasteiger partial charge in [-0.15, -0.1) is 0 Å². The molecule has 7 nitrogen and oxygen atoms in total. The van der Waals surface area contributed by atoms with E-state index >= 15 is 0 Å². The first-order valence-electron chi connectivity index (χ1n) is 6.27. The number of hydrogen-bond acceptors (Lipinski definition) is 4. The van der Waals surface area contributed by atoms with Gasteiger partial charge >= 0.3 is 5.97 Å². The molecule has 0 aliphatic carbocycles. The van der Waals surface area contributed by atoms with Gasteiger partial charge in [0.25, 0.3) is 11.6 Å². The van der Waals surface area contributed by atoms with E-state index in [1.807, 2.05) is 0 Å². The van der Waals surface area contributed by atoms with Crippen molar-refractivity contribution in [1.29, 1.82) is 0 Å². The van der Waals surface area contributed by atoms with Gasteiger partial charge in [0.1, 0.15) is 0 Å². The van der Waals surface area contributed by atoms with Gasteiger partial charge in [-0.25, -0.2) is 0 Å². The normalized spacial score (nSPS) is 21.3. The van der Waals surface area contributed by atoms with Crippen LogP contribution in [0.4, 0.5) is 5.69 Å². The Labute approximate surface area is 128 Å². The van der Waals surface area contributed by atoms with E-state index in [1.165, 1.54) is 23.1 Å². The van der Waals surface area contributed by atoms with Gasteiger partial charge in [-0.1, -0.05) is 6.92 Å². The third-order valence-electron chi connectivity index (χ3n) is 3.61. The van der Waals surface area contributed by atoms with Gasteiger partial charge < -0.3 is 10.0 Å². The van der Waals surface area contributed by atoms with Crippen molar-refractivity contribution in [2.45, 2.75) is 6.92 Å². The number of hydrogen-bond donors (Lipinski definition) is 1. The van der Waals surface area contributed by atoms with Gasteiger partial charge in [-0.2, -0.15) is 0 Å². The minimum atomic E-state index is -0.934. The summed E-state index contributed by atoms with van der Waals surface area (Å²) in [5.74, 6) is -2.09. The summed E-state index contributed by atoms with van der Waals surface area (Å²) in [6.07, 6.45) is 0. The lowest BCUT2D eigenvalue weighted by Crippen LogP contribution is -2.30. The highest BCUT2D eigenvalue weighted by atomic mass is 79.9. The molecule has 1 aromatic rings. The van der Waals surface area contributed by atoms with Crippen molar-refractivity contribution in [3.63, 3.8) is 0 Å². The first kappa shape index (κ1) is 15.4. The molecule has 0 radical (unpaired) electrons. The van der Waals surface area contributed by atoms with Gasteiger partial charge in [0, 0.05) is 29.7 Å². The predicted octanol–water partition coefficient (Wildman–Crippen LogP) is 2.15. The number of carboxylic acids is 1. The topological polar surface area (TPSA) is 101 Å². The zero-order valence-electron chi connectivity index (χ0n) is 11.2. The molecule has 2 unspecified atom stereocenters. The molecule has 1 N–H and O–H groups in total. The quantitative estimate of drug-likeness (QED) is 0.660. The van der Waals surface area contributed by atoms with Crippen LogP contribution in [0.3, 0.4) is 0 Å². The van der Waals surface area contributed by atoms with Gasteiger partial charge in [-0.3, -0.25) is 19.7 Å². The molecule has 1 amide bonds. The van der Waals surface area contributed by atoms with E-state index in [9.17, 15) is 19.7 Å². The van der Waals surface area contributed by atoms with Crippen molar-refractivity contribution in [3.05, 3.63) is 38.3 Å². The Morgan fingerprint density at radius 3 is 2.62 bits per heavy atom. The number of aliphatic carboxylic acids is 1. The summed E-state index contributed by atoms with van der Waals surface area (Å²) in [7, 11) is 0. The molecule has 8 heteroatoms. The van der Waals surface area contributed by atoms with E-state index < -0.39 is 22.7 Å². The molecule has 0 saturated carbocycles. The Hall–Kier alpha value is -1.96. The number of carbonyl (C=O) groups excluding carboxylic acids is 1. The van der Waals surface area contributed by atoms with E-state index in [0.29, 0.717) is 11.0 Å². The Balaban J connectivity index is 2.27. The van der Waals surface area contributed by atoms with E-state index in [-0.39, 0.29) is 23.7 Å². The summed E-state index contributed by atoms with van der Waals surface area (Å²) in [4.78, 5) is 35.2. The van der Waals surface area contributed by atoms with Crippen LogP contribution in [0.15, 0.2) is 22.7 Å². The van der Waals surface area contributed by atoms with E-state index in [4.69, 9.17) is 5.11 Å². The number of likely N-dealkylation sites (tertiary alicyclic amines) is 1. The van der Waals surface area contributed by atoms with Crippen LogP contribution in [0, 0.1) is 22.0 Å². The number of rotatable bonds is 3. The molecule has 1 aliphatic heterocycles. The molecule has 2 atom stereocenters. The van der Waals surface area contributed by atoms with E-state index in [0.717, 1.165) is 0 Å². The molecule has 1 heterocycles. The summed E-state index contributed by atoms with van der Waals surface area (Å²) in [6.45, 7) is 2.21. The zero-order valence-corrected chi connectivity index (χ0v) is 12.7. The molecule has 1 fully saturated rings. The fourth-order valence-electron chi connectivity index (χ4n) is 2.42. The third-order valence-corrected chi connectivity index (χ3v) is 4.30. The zero-order chi connectivity index (χ0) is 15.7. The third kappa shape index (κ3) is 3.05. The fourth-order valence-corrected chi connectivity index (χ4v) is 2.83. The van der Waals surface area contributed by atoms with Crippen molar-refractivity contribution in [1.82, 2.24) is 4.90 Å². The average molecular weight is 357 g/mol. The number of nitro groups is 1. The summed E-state index contributed by atoms with van der Waals surface area (Å²) in [5, 5.41) is 19.9. The summed E-state index contributed by atoms with van der Waals surface area (Å²) < 4.78 is 0.449. The van der Waals surface area contributed by atoms with Crippen molar-refractivity contribution in [2.24, 2.45) is 11.8 Å². The van der Waals surface area contributed by atoms with Crippen molar-refractivity contribution < 1.29 is 19.6 Å². The first-order valence-corrected chi connectivity index (χ1v) is 7.06. The standard InChI is InChI=1S/C13H13BrN2O5/c1-7-5-15(6-10(7)13(18)19)12(17)9-4-8(16(20)21)2-3-11(9)14/h2-4,7,10H,5-6H2,1H3,(H,18,19). The molecule has 1 aromatic carbocycles. The predicted molar refractivity (Wildman–Crippen MR) is 77.0 cm³/mol. The lowest BCUT2D eigenvalue weighted by atomic mass is 9.99. The van der Waals surface area contributed by atoms with Crippen molar-refractivity contribution in [3.8, 4) is 0 Å². The molecule has 0 bridgehead atoms. The maximum absolute atomic E-state index is 12.4. The monoisotopic (exact) mass is 356 g/mol. The lowest BCUT2D eigenvalue weighted by molar-refractivity contribution is -0.384. The number of amides is 1. The minimum Gasteiger partial charge on any atom is -0.481 e. The number of nitro benzene ring substituents is 1. The Morgan fingerprint density at radius 1 is 1.43 bits per heavy atom. The second-order valence-corrected chi connectivity index (χ2v) is 5.91. The maximum atomic E-state index is 12.4. The minimum absolute atomic E-state index is 0.116. The highest BCUT2D eigenvalue weighted by Crippen LogP contribution is 2.28. The molecule has 1 saturated heterocycles. The molecule has 21 heavy (non-hydrogen) atoms. The summed E-state index contributed by atoms with van der Waals surface area (Å²) in [5.41, 5.74) is -0.00832. The second-order valence-electron chi connectivity index (χ2n) is 5.05. The van der Waals surface area contributed by atoms with Crippen LogP contribution in [0.5, 0.6) is 0 Å². The Kier molecular flexibility index (Phi) is 4.26. The van der Waals surface area contributed by atoms with Gasteiger partial charge in [-0.05, 0) is 27.9 Å². The molecular weight excluding hydrogens is 344 g/mol. The number of benzene rings is 1. The number of nitrogens with zero attached hydrogens (tertiary/aromatic N) is 2. The number of non-ortho nitro benzene ring substituents is 1. The fraction of sp³-hybridized carbons (Fsp3) is 0.385. The number of halogens is 1. The van der Waals surface area contributed by atoms with E-state index in [2.05, 4.69) is 15.9 Å². The van der Waals surface area contributed by atoms with Gasteiger partial charge in [0.2, 0.25) is 0 Å². The van der Waals surface area contributed by atoms with E-state index in [1.54, 1.807) is 6.92 Å². The molecule has 112 valence electrons. The van der Waals surface area contributed by atoms with Crippen LogP contribution in [0.1, 0.15) is 17.3 Å². The number of carboxylic acid groups (broad SMARTS) is 1. The van der Waals surface area contributed by atoms with Crippen LogP contribution in [-0.4, -0.2) is 39.9 Å². The van der Waals surface area contributed by atoms with Crippen LogP contribution >= 0.6 is 15.9 Å². The van der Waals surface area contributed by atoms with Crippen LogP contribution in [-0.2, 0) is 4.79 Å². The van der Waals surface area contributed by atoms with Crippen LogP contribution in [0.25, 0.3) is 0 Å². The first-order chi connectivity index (χ1) is 9.81. The smallest absolute Gasteiger partial charge is 0.308 e. The SMILES string of the molecule is CC1CN(C(=O)c2cc([N+](=O)[O-])ccc2Br)CC1C(=O)O. The lowest BCUT2D eigenvalue weighted by Gasteiger charge is -2.16. The van der Waals surface area contributed by atoms with Gasteiger partial charge in [0.05, 0.1) is 16.4 Å². The Morgan fingerprint density at radius 2 is 2.10 bits per heavy atom.